The summed E-state index contributed by atoms with van der Waals surface area (Å²) < 4.78 is 12.7. The van der Waals surface area contributed by atoms with Crippen molar-refractivity contribution >= 4 is 17.3 Å². The minimum Gasteiger partial charge on any atom is -0.477 e. The van der Waals surface area contributed by atoms with Gasteiger partial charge in [0.1, 0.15) is 10.7 Å². The number of carbonyl (C=O) groups is 1. The zero-order valence-electron chi connectivity index (χ0n) is 10.4. The Bertz CT molecular complexity index is 578. The summed E-state index contributed by atoms with van der Waals surface area (Å²) in [5.74, 6) is -1.14. The minimum absolute atomic E-state index is 0.246. The molecule has 1 aromatic carbocycles. The van der Waals surface area contributed by atoms with E-state index in [-0.39, 0.29) is 5.82 Å². The fourth-order valence-electron chi connectivity index (χ4n) is 1.72. The van der Waals surface area contributed by atoms with Gasteiger partial charge in [0, 0.05) is 18.0 Å². The molecular weight excluding hydrogens is 265 g/mol. The molecule has 2 rings (SSSR count). The molecule has 2 aromatic rings. The third kappa shape index (κ3) is 3.62. The van der Waals surface area contributed by atoms with Crippen molar-refractivity contribution in [2.75, 3.05) is 0 Å². The summed E-state index contributed by atoms with van der Waals surface area (Å²) in [4.78, 5) is 12.2. The maximum Gasteiger partial charge on any atom is 0.345 e. The lowest BCUT2D eigenvalue weighted by Crippen LogP contribution is -2.12. The molecule has 100 valence electrons. The van der Waals surface area contributed by atoms with Crippen LogP contribution in [0.15, 0.2) is 30.3 Å². The molecule has 5 heteroatoms. The van der Waals surface area contributed by atoms with E-state index in [1.54, 1.807) is 18.2 Å². The Balaban J connectivity index is 1.92. The number of rotatable bonds is 5. The second-order valence-corrected chi connectivity index (χ2v) is 5.39. The van der Waals surface area contributed by atoms with Crippen LogP contribution < -0.4 is 5.32 Å². The molecule has 0 aliphatic rings. The van der Waals surface area contributed by atoms with Gasteiger partial charge < -0.3 is 10.4 Å². The third-order valence-electron chi connectivity index (χ3n) is 2.76. The van der Waals surface area contributed by atoms with E-state index in [9.17, 15) is 9.18 Å². The van der Waals surface area contributed by atoms with Gasteiger partial charge in [-0.3, -0.25) is 0 Å². The molecule has 2 N–H and O–H groups in total. The number of hydrogen-bond donors (Lipinski definition) is 2. The van der Waals surface area contributed by atoms with Crippen molar-refractivity contribution in [3.8, 4) is 0 Å². The zero-order chi connectivity index (χ0) is 13.8. The van der Waals surface area contributed by atoms with Crippen molar-refractivity contribution in [2.45, 2.75) is 20.0 Å². The van der Waals surface area contributed by atoms with E-state index in [0.717, 1.165) is 16.0 Å². The number of thiophene rings is 1. The average molecular weight is 279 g/mol. The number of halogens is 1. The standard InChI is InChI=1S/C14H14FNO2S/c1-9-6-12(14(17)18)19-13(9)8-16-7-10-2-4-11(15)5-3-10/h2-6,16H,7-8H2,1H3,(H,17,18). The van der Waals surface area contributed by atoms with Crippen LogP contribution >= 0.6 is 11.3 Å². The summed E-state index contributed by atoms with van der Waals surface area (Å²) in [6, 6.07) is 7.99. The Kier molecular flexibility index (Phi) is 4.29. The van der Waals surface area contributed by atoms with Crippen molar-refractivity contribution in [1.82, 2.24) is 5.32 Å². The van der Waals surface area contributed by atoms with Crippen LogP contribution in [0.1, 0.15) is 25.7 Å². The topological polar surface area (TPSA) is 49.3 Å². The Hall–Kier alpha value is -1.72. The van der Waals surface area contributed by atoms with Gasteiger partial charge in [-0.2, -0.15) is 0 Å². The lowest BCUT2D eigenvalue weighted by Gasteiger charge is -2.04. The number of nitrogens with one attached hydrogen (secondary N) is 1. The van der Waals surface area contributed by atoms with E-state index in [0.29, 0.717) is 18.0 Å². The number of benzene rings is 1. The summed E-state index contributed by atoms with van der Waals surface area (Å²) in [5.41, 5.74) is 1.98. The van der Waals surface area contributed by atoms with Gasteiger partial charge >= 0.3 is 5.97 Å². The minimum atomic E-state index is -0.891. The molecule has 0 unspecified atom stereocenters. The molecule has 0 bridgehead atoms. The van der Waals surface area contributed by atoms with Crippen molar-refractivity contribution in [3.05, 3.63) is 57.0 Å². The molecule has 3 nitrogen and oxygen atoms in total. The average Bonchev–Trinajstić information content (AvgIpc) is 2.74. The summed E-state index contributed by atoms with van der Waals surface area (Å²) in [5, 5.41) is 12.1. The molecule has 1 aromatic heterocycles. The Labute approximate surface area is 114 Å². The van der Waals surface area contributed by atoms with E-state index in [1.165, 1.54) is 23.5 Å². The van der Waals surface area contributed by atoms with Gasteiger partial charge in [0.15, 0.2) is 0 Å². The quantitative estimate of drug-likeness (QED) is 0.883. The first kappa shape index (κ1) is 13.7. The molecule has 0 atom stereocenters. The van der Waals surface area contributed by atoms with E-state index in [1.807, 2.05) is 6.92 Å². The molecular formula is C14H14FNO2S. The fraction of sp³-hybridized carbons (Fsp3) is 0.214. The van der Waals surface area contributed by atoms with Crippen LogP contribution in [0.4, 0.5) is 4.39 Å². The Morgan fingerprint density at radius 1 is 1.32 bits per heavy atom. The second-order valence-electron chi connectivity index (χ2n) is 4.25. The van der Waals surface area contributed by atoms with Gasteiger partial charge in [-0.1, -0.05) is 12.1 Å². The Morgan fingerprint density at radius 3 is 2.58 bits per heavy atom. The normalized spacial score (nSPS) is 10.6. The first-order valence-electron chi connectivity index (χ1n) is 5.84. The highest BCUT2D eigenvalue weighted by Crippen LogP contribution is 2.21. The lowest BCUT2D eigenvalue weighted by atomic mass is 10.2. The first-order valence-corrected chi connectivity index (χ1v) is 6.65. The lowest BCUT2D eigenvalue weighted by molar-refractivity contribution is 0.0702. The zero-order valence-corrected chi connectivity index (χ0v) is 11.3. The van der Waals surface area contributed by atoms with Crippen molar-refractivity contribution < 1.29 is 14.3 Å². The SMILES string of the molecule is Cc1cc(C(=O)O)sc1CNCc1ccc(F)cc1. The highest BCUT2D eigenvalue weighted by molar-refractivity contribution is 7.14. The summed E-state index contributed by atoms with van der Waals surface area (Å²) in [6.07, 6.45) is 0. The van der Waals surface area contributed by atoms with E-state index < -0.39 is 5.97 Å². The first-order chi connectivity index (χ1) is 9.06. The molecule has 0 aliphatic heterocycles. The van der Waals surface area contributed by atoms with Gasteiger partial charge in [0.2, 0.25) is 0 Å². The molecule has 0 saturated carbocycles. The smallest absolute Gasteiger partial charge is 0.345 e. The monoisotopic (exact) mass is 279 g/mol. The Morgan fingerprint density at radius 2 is 2.00 bits per heavy atom. The molecule has 1 heterocycles. The van der Waals surface area contributed by atoms with Gasteiger partial charge in [0.25, 0.3) is 0 Å². The van der Waals surface area contributed by atoms with Crippen molar-refractivity contribution in [1.29, 1.82) is 0 Å². The van der Waals surface area contributed by atoms with Crippen LogP contribution in [0.5, 0.6) is 0 Å². The van der Waals surface area contributed by atoms with Gasteiger partial charge in [0.05, 0.1) is 0 Å². The molecule has 0 aliphatic carbocycles. The third-order valence-corrected chi connectivity index (χ3v) is 3.98. The number of carboxylic acid groups (broad SMARTS) is 1. The number of aryl methyl sites for hydroxylation is 1. The van der Waals surface area contributed by atoms with E-state index >= 15 is 0 Å². The molecule has 19 heavy (non-hydrogen) atoms. The largest absolute Gasteiger partial charge is 0.477 e. The fourth-order valence-corrected chi connectivity index (χ4v) is 2.71. The van der Waals surface area contributed by atoms with Crippen molar-refractivity contribution in [3.63, 3.8) is 0 Å². The second kappa shape index (κ2) is 5.95. The summed E-state index contributed by atoms with van der Waals surface area (Å²) in [7, 11) is 0. The van der Waals surface area contributed by atoms with Gasteiger partial charge in [-0.05, 0) is 36.2 Å². The molecule has 0 spiro atoms. The molecule has 0 fully saturated rings. The number of carboxylic acids is 1. The van der Waals surface area contributed by atoms with Crippen molar-refractivity contribution in [2.24, 2.45) is 0 Å². The van der Waals surface area contributed by atoms with E-state index in [4.69, 9.17) is 5.11 Å². The highest BCUT2D eigenvalue weighted by atomic mass is 32.1. The van der Waals surface area contributed by atoms with Crippen LogP contribution in [0.25, 0.3) is 0 Å². The maximum absolute atomic E-state index is 12.7. The van der Waals surface area contributed by atoms with Gasteiger partial charge in [-0.25, -0.2) is 9.18 Å². The highest BCUT2D eigenvalue weighted by Gasteiger charge is 2.10. The van der Waals surface area contributed by atoms with E-state index in [2.05, 4.69) is 5.32 Å². The maximum atomic E-state index is 12.7. The summed E-state index contributed by atoms with van der Waals surface area (Å²) >= 11 is 1.28. The summed E-state index contributed by atoms with van der Waals surface area (Å²) in [6.45, 7) is 3.14. The van der Waals surface area contributed by atoms with Gasteiger partial charge in [-0.15, -0.1) is 11.3 Å². The number of aromatic carboxylic acids is 1. The van der Waals surface area contributed by atoms with Crippen LogP contribution in [0, 0.1) is 12.7 Å². The van der Waals surface area contributed by atoms with Crippen LogP contribution in [0.3, 0.4) is 0 Å². The van der Waals surface area contributed by atoms with Crippen LogP contribution in [-0.4, -0.2) is 11.1 Å². The molecule has 0 amide bonds. The predicted octanol–water partition coefficient (Wildman–Crippen LogP) is 3.18. The van der Waals surface area contributed by atoms with Crippen LogP contribution in [-0.2, 0) is 13.1 Å². The predicted molar refractivity (Wildman–Crippen MR) is 73.0 cm³/mol. The van der Waals surface area contributed by atoms with Crippen LogP contribution in [0.2, 0.25) is 0 Å². The number of hydrogen-bond acceptors (Lipinski definition) is 3. The molecule has 0 saturated heterocycles. The molecule has 0 radical (unpaired) electrons.